The zero-order chi connectivity index (χ0) is 9.97. The zero-order valence-corrected chi connectivity index (χ0v) is 9.41. The Bertz CT molecular complexity index is 173. The van der Waals surface area contributed by atoms with Gasteiger partial charge in [0.05, 0.1) is 0 Å². The van der Waals surface area contributed by atoms with Gasteiger partial charge in [-0.1, -0.05) is 19.3 Å². The summed E-state index contributed by atoms with van der Waals surface area (Å²) in [6, 6.07) is 1.29. The molecule has 1 aliphatic carbocycles. The second-order valence-electron chi connectivity index (χ2n) is 5.19. The van der Waals surface area contributed by atoms with Crippen LogP contribution in [0.4, 0.5) is 0 Å². The molecule has 1 heterocycles. The van der Waals surface area contributed by atoms with Gasteiger partial charge >= 0.3 is 0 Å². The topological polar surface area (TPSA) is 29.3 Å². The molecule has 1 saturated carbocycles. The van der Waals surface area contributed by atoms with Crippen LogP contribution in [0.15, 0.2) is 0 Å². The molecule has 2 heteroatoms. The molecular formula is C12H24N2. The summed E-state index contributed by atoms with van der Waals surface area (Å²) < 4.78 is 0. The van der Waals surface area contributed by atoms with E-state index in [1.165, 1.54) is 51.6 Å². The molecule has 0 spiro atoms. The molecular weight excluding hydrogens is 172 g/mol. The average molecular weight is 196 g/mol. The first kappa shape index (κ1) is 10.4. The summed E-state index contributed by atoms with van der Waals surface area (Å²) in [4.78, 5) is 2.70. The van der Waals surface area contributed by atoms with Crippen LogP contribution in [0.1, 0.15) is 45.4 Å². The number of likely N-dealkylation sites (tertiary alicyclic amines) is 1. The number of hydrogen-bond acceptors (Lipinski definition) is 2. The van der Waals surface area contributed by atoms with Crippen molar-refractivity contribution in [3.8, 4) is 0 Å². The first-order chi connectivity index (χ1) is 6.77. The Morgan fingerprint density at radius 3 is 2.43 bits per heavy atom. The molecule has 82 valence electrons. The molecule has 2 unspecified atom stereocenters. The molecule has 2 rings (SSSR count). The fourth-order valence-corrected chi connectivity index (χ4v) is 3.02. The van der Waals surface area contributed by atoms with Crippen molar-refractivity contribution in [2.45, 2.75) is 57.5 Å². The van der Waals surface area contributed by atoms with E-state index in [9.17, 15) is 0 Å². The minimum absolute atomic E-state index is 0.392. The van der Waals surface area contributed by atoms with Crippen LogP contribution >= 0.6 is 0 Å². The van der Waals surface area contributed by atoms with Crippen LogP contribution in [0.3, 0.4) is 0 Å². The number of nitrogens with two attached hydrogens (primary N) is 1. The third-order valence-corrected chi connectivity index (χ3v) is 4.09. The minimum Gasteiger partial charge on any atom is -0.328 e. The zero-order valence-electron chi connectivity index (χ0n) is 9.41. The van der Waals surface area contributed by atoms with Gasteiger partial charge in [-0.05, 0) is 38.6 Å². The number of nitrogens with zero attached hydrogens (tertiary/aromatic N) is 1. The van der Waals surface area contributed by atoms with Gasteiger partial charge in [0.25, 0.3) is 0 Å². The van der Waals surface area contributed by atoms with Gasteiger partial charge in [-0.25, -0.2) is 0 Å². The Labute approximate surface area is 87.8 Å². The molecule has 1 saturated heterocycles. The van der Waals surface area contributed by atoms with Crippen LogP contribution in [0.5, 0.6) is 0 Å². The van der Waals surface area contributed by atoms with E-state index in [2.05, 4.69) is 11.8 Å². The van der Waals surface area contributed by atoms with Crippen molar-refractivity contribution in [2.75, 3.05) is 13.1 Å². The van der Waals surface area contributed by atoms with E-state index in [4.69, 9.17) is 5.73 Å². The minimum atomic E-state index is 0.392. The third kappa shape index (κ3) is 2.29. The van der Waals surface area contributed by atoms with Crippen LogP contribution in [-0.2, 0) is 0 Å². The van der Waals surface area contributed by atoms with E-state index in [0.29, 0.717) is 6.04 Å². The van der Waals surface area contributed by atoms with Gasteiger partial charge in [0.2, 0.25) is 0 Å². The lowest BCUT2D eigenvalue weighted by Gasteiger charge is -2.31. The normalized spacial score (nSPS) is 33.4. The second kappa shape index (κ2) is 4.63. The highest BCUT2D eigenvalue weighted by atomic mass is 15.2. The lowest BCUT2D eigenvalue weighted by Crippen LogP contribution is -2.37. The average Bonchev–Trinajstić information content (AvgIpc) is 2.68. The Balaban J connectivity index is 1.82. The molecule has 2 aliphatic rings. The van der Waals surface area contributed by atoms with Gasteiger partial charge in [-0.3, -0.25) is 0 Å². The summed E-state index contributed by atoms with van der Waals surface area (Å²) in [6.45, 7) is 4.73. The standard InChI is InChI=1S/C12H24N2/c1-10(13)11-7-8-14(9-11)12-5-3-2-4-6-12/h10-12H,2-9,13H2,1H3. The lowest BCUT2D eigenvalue weighted by atomic mass is 9.94. The molecule has 2 N–H and O–H groups in total. The SMILES string of the molecule is CC(N)C1CCN(C2CCCCC2)C1. The van der Waals surface area contributed by atoms with Crippen molar-refractivity contribution < 1.29 is 0 Å². The van der Waals surface area contributed by atoms with E-state index in [1.807, 2.05) is 0 Å². The highest BCUT2D eigenvalue weighted by Gasteiger charge is 2.30. The van der Waals surface area contributed by atoms with E-state index >= 15 is 0 Å². The summed E-state index contributed by atoms with van der Waals surface area (Å²) in [6.07, 6.45) is 8.56. The van der Waals surface area contributed by atoms with Crippen molar-refractivity contribution in [3.05, 3.63) is 0 Å². The van der Waals surface area contributed by atoms with Crippen LogP contribution < -0.4 is 5.73 Å². The monoisotopic (exact) mass is 196 g/mol. The molecule has 2 atom stereocenters. The first-order valence-electron chi connectivity index (χ1n) is 6.27. The van der Waals surface area contributed by atoms with Gasteiger partial charge in [0, 0.05) is 18.6 Å². The van der Waals surface area contributed by atoms with Crippen molar-refractivity contribution in [1.82, 2.24) is 4.90 Å². The predicted octanol–water partition coefficient (Wildman–Crippen LogP) is 1.99. The Morgan fingerprint density at radius 2 is 1.86 bits per heavy atom. The van der Waals surface area contributed by atoms with Crippen LogP contribution in [0.25, 0.3) is 0 Å². The molecule has 0 aromatic heterocycles. The fourth-order valence-electron chi connectivity index (χ4n) is 3.02. The number of rotatable bonds is 2. The molecule has 0 aromatic carbocycles. The molecule has 14 heavy (non-hydrogen) atoms. The predicted molar refractivity (Wildman–Crippen MR) is 60.2 cm³/mol. The van der Waals surface area contributed by atoms with E-state index in [1.54, 1.807) is 0 Å². The van der Waals surface area contributed by atoms with Crippen molar-refractivity contribution in [2.24, 2.45) is 11.7 Å². The van der Waals surface area contributed by atoms with Crippen LogP contribution in [0, 0.1) is 5.92 Å². The maximum Gasteiger partial charge on any atom is 0.00953 e. The van der Waals surface area contributed by atoms with Gasteiger partial charge in [0.1, 0.15) is 0 Å². The van der Waals surface area contributed by atoms with Gasteiger partial charge in [-0.15, -0.1) is 0 Å². The van der Waals surface area contributed by atoms with Crippen molar-refractivity contribution >= 4 is 0 Å². The summed E-state index contributed by atoms with van der Waals surface area (Å²) in [5.41, 5.74) is 5.96. The molecule has 2 fully saturated rings. The first-order valence-corrected chi connectivity index (χ1v) is 6.27. The van der Waals surface area contributed by atoms with E-state index < -0.39 is 0 Å². The summed E-state index contributed by atoms with van der Waals surface area (Å²) in [5.74, 6) is 0.761. The maximum atomic E-state index is 5.96. The maximum absolute atomic E-state index is 5.96. The Hall–Kier alpha value is -0.0800. The molecule has 0 bridgehead atoms. The van der Waals surface area contributed by atoms with Gasteiger partial charge in [-0.2, -0.15) is 0 Å². The summed E-state index contributed by atoms with van der Waals surface area (Å²) in [5, 5.41) is 0. The smallest absolute Gasteiger partial charge is 0.00953 e. The van der Waals surface area contributed by atoms with Gasteiger partial charge < -0.3 is 10.6 Å². The van der Waals surface area contributed by atoms with E-state index in [-0.39, 0.29) is 0 Å². The van der Waals surface area contributed by atoms with Crippen molar-refractivity contribution in [3.63, 3.8) is 0 Å². The highest BCUT2D eigenvalue weighted by molar-refractivity contribution is 4.86. The Morgan fingerprint density at radius 1 is 1.14 bits per heavy atom. The largest absolute Gasteiger partial charge is 0.328 e. The number of hydrogen-bond donors (Lipinski definition) is 1. The molecule has 0 aromatic rings. The molecule has 1 aliphatic heterocycles. The van der Waals surface area contributed by atoms with Crippen molar-refractivity contribution in [1.29, 1.82) is 0 Å². The highest BCUT2D eigenvalue weighted by Crippen LogP contribution is 2.28. The Kier molecular flexibility index (Phi) is 3.45. The van der Waals surface area contributed by atoms with E-state index in [0.717, 1.165) is 12.0 Å². The molecule has 0 amide bonds. The second-order valence-corrected chi connectivity index (χ2v) is 5.19. The summed E-state index contributed by atoms with van der Waals surface area (Å²) in [7, 11) is 0. The molecule has 0 radical (unpaired) electrons. The van der Waals surface area contributed by atoms with Crippen LogP contribution in [-0.4, -0.2) is 30.1 Å². The fraction of sp³-hybridized carbons (Fsp3) is 1.00. The third-order valence-electron chi connectivity index (χ3n) is 4.09. The quantitative estimate of drug-likeness (QED) is 0.732. The van der Waals surface area contributed by atoms with Gasteiger partial charge in [0.15, 0.2) is 0 Å². The summed E-state index contributed by atoms with van der Waals surface area (Å²) >= 11 is 0. The lowest BCUT2D eigenvalue weighted by molar-refractivity contribution is 0.183. The van der Waals surface area contributed by atoms with Crippen LogP contribution in [0.2, 0.25) is 0 Å². The molecule has 2 nitrogen and oxygen atoms in total.